The molecule has 0 bridgehead atoms. The number of pyridine rings is 1. The third-order valence-electron chi connectivity index (χ3n) is 3.78. The molecule has 4 rings (SSSR count). The zero-order chi connectivity index (χ0) is 15.4. The van der Waals surface area contributed by atoms with Gasteiger partial charge in [0.15, 0.2) is 5.75 Å². The second kappa shape index (κ2) is 4.11. The van der Waals surface area contributed by atoms with Crippen LogP contribution in [0.5, 0.6) is 11.5 Å². The first-order valence-corrected chi connectivity index (χ1v) is 6.52. The fourth-order valence-electron chi connectivity index (χ4n) is 2.73. The van der Waals surface area contributed by atoms with Gasteiger partial charge in [0.1, 0.15) is 16.9 Å². The summed E-state index contributed by atoms with van der Waals surface area (Å²) in [5.41, 5.74) is -0.113. The summed E-state index contributed by atoms with van der Waals surface area (Å²) in [6.07, 6.45) is 3.18. The van der Waals surface area contributed by atoms with Crippen molar-refractivity contribution in [3.63, 3.8) is 0 Å². The maximum absolute atomic E-state index is 12.6. The predicted molar refractivity (Wildman–Crippen MR) is 79.8 cm³/mol. The van der Waals surface area contributed by atoms with Gasteiger partial charge in [0.2, 0.25) is 5.78 Å². The predicted octanol–water partition coefficient (Wildman–Crippen LogP) is 2.79. The molecule has 6 heteroatoms. The third kappa shape index (κ3) is 1.49. The number of phenolic OH excluding ortho intramolecular Hbond substituents is 2. The molecule has 22 heavy (non-hydrogen) atoms. The zero-order valence-corrected chi connectivity index (χ0v) is 11.1. The number of nitroso groups, excluding NO2 is 1. The second-order valence-corrected chi connectivity index (χ2v) is 5.04. The number of nitrogens with zero attached hydrogens (tertiary/aromatic N) is 2. The molecular weight excluding hydrogens is 284 g/mol. The molecule has 3 aromatic rings. The first-order chi connectivity index (χ1) is 10.6. The molecule has 0 fully saturated rings. The number of carbonyl (C=O) groups excluding carboxylic acids is 1. The molecule has 0 amide bonds. The molecule has 1 aliphatic heterocycles. The Morgan fingerprint density at radius 3 is 2.59 bits per heavy atom. The van der Waals surface area contributed by atoms with Gasteiger partial charge < -0.3 is 10.2 Å². The first-order valence-electron chi connectivity index (χ1n) is 6.52. The highest BCUT2D eigenvalue weighted by molar-refractivity contribution is 6.20. The van der Waals surface area contributed by atoms with E-state index >= 15 is 0 Å². The second-order valence-electron chi connectivity index (χ2n) is 5.04. The van der Waals surface area contributed by atoms with Crippen LogP contribution in [0, 0.1) is 4.91 Å². The Hall–Kier alpha value is -3.28. The first kappa shape index (κ1) is 12.5. The Morgan fingerprint density at radius 1 is 1.00 bits per heavy atom. The van der Waals surface area contributed by atoms with Crippen molar-refractivity contribution in [2.75, 3.05) is 0 Å². The normalized spacial score (nSPS) is 13.1. The van der Waals surface area contributed by atoms with Crippen molar-refractivity contribution in [1.82, 2.24) is 9.74 Å². The summed E-state index contributed by atoms with van der Waals surface area (Å²) in [7, 11) is 0. The van der Waals surface area contributed by atoms with Gasteiger partial charge in [0.25, 0.3) is 5.69 Å². The lowest BCUT2D eigenvalue weighted by Crippen LogP contribution is -2.17. The minimum atomic E-state index is -0.496. The van der Waals surface area contributed by atoms with Gasteiger partial charge >= 0.3 is 5.69 Å². The van der Waals surface area contributed by atoms with E-state index in [9.17, 15) is 19.9 Å². The molecule has 0 saturated heterocycles. The Balaban J connectivity index is 2.10. The highest BCUT2D eigenvalue weighted by Gasteiger charge is 2.42. The van der Waals surface area contributed by atoms with Crippen LogP contribution < -0.4 is 4.76 Å². The molecule has 106 valence electrons. The van der Waals surface area contributed by atoms with E-state index in [1.807, 2.05) is 0 Å². The van der Waals surface area contributed by atoms with Crippen LogP contribution in [0.3, 0.4) is 0 Å². The zero-order valence-electron chi connectivity index (χ0n) is 11.1. The lowest BCUT2D eigenvalue weighted by atomic mass is 9.92. The summed E-state index contributed by atoms with van der Waals surface area (Å²) in [5, 5.41) is 21.3. The lowest BCUT2D eigenvalue weighted by Gasteiger charge is -2.13. The van der Waals surface area contributed by atoms with Crippen LogP contribution in [0.2, 0.25) is 0 Å². The summed E-state index contributed by atoms with van der Waals surface area (Å²) in [6.45, 7) is 0. The average molecular weight is 293 g/mol. The molecule has 2 heterocycles. The third-order valence-corrected chi connectivity index (χ3v) is 3.78. The number of aromatic hydroxyl groups is 2. The minimum absolute atomic E-state index is 0.124. The summed E-state index contributed by atoms with van der Waals surface area (Å²) in [6, 6.07) is 7.24. The van der Waals surface area contributed by atoms with Crippen molar-refractivity contribution in [2.24, 2.45) is 0 Å². The number of phenols is 2. The Morgan fingerprint density at radius 2 is 1.77 bits per heavy atom. The lowest BCUT2D eigenvalue weighted by molar-refractivity contribution is 0.103. The Kier molecular flexibility index (Phi) is 2.33. The molecular formula is C16H9N2O4+. The van der Waals surface area contributed by atoms with E-state index < -0.39 is 5.78 Å². The van der Waals surface area contributed by atoms with Crippen LogP contribution >= 0.6 is 0 Å². The minimum Gasteiger partial charge on any atom is -0.507 e. The standard InChI is InChI=1S/C16H8N2O4/c19-12-1-2-13(20)15-14(12)16(21)10-5-8-3-4-17-7-9(8)6-11(10)18(15)22/h1-7H,(H-,17,19,20,21,22)/p+1. The molecule has 6 nitrogen and oxygen atoms in total. The largest absolute Gasteiger partial charge is 0.507 e. The van der Waals surface area contributed by atoms with Gasteiger partial charge in [-0.3, -0.25) is 9.78 Å². The van der Waals surface area contributed by atoms with E-state index in [0.29, 0.717) is 10.1 Å². The van der Waals surface area contributed by atoms with E-state index in [2.05, 4.69) is 4.98 Å². The van der Waals surface area contributed by atoms with Gasteiger partial charge in [0, 0.05) is 28.8 Å². The van der Waals surface area contributed by atoms with E-state index in [4.69, 9.17) is 0 Å². The molecule has 0 radical (unpaired) electrons. The molecule has 0 spiro atoms. The monoisotopic (exact) mass is 293 g/mol. The number of hydrogen-bond donors (Lipinski definition) is 2. The topological polar surface area (TPSA) is 90.5 Å². The fraction of sp³-hybridized carbons (Fsp3) is 0. The van der Waals surface area contributed by atoms with Gasteiger partial charge in [-0.2, -0.15) is 0 Å². The number of rotatable bonds is 0. The fourth-order valence-corrected chi connectivity index (χ4v) is 2.73. The van der Waals surface area contributed by atoms with Gasteiger partial charge in [-0.05, 0) is 29.7 Å². The van der Waals surface area contributed by atoms with Crippen LogP contribution in [0.25, 0.3) is 10.8 Å². The number of fused-ring (bicyclic) bond motifs is 3. The number of benzene rings is 2. The van der Waals surface area contributed by atoms with Gasteiger partial charge in [-0.25, -0.2) is 0 Å². The van der Waals surface area contributed by atoms with E-state index in [1.165, 1.54) is 12.1 Å². The summed E-state index contributed by atoms with van der Waals surface area (Å²) >= 11 is 0. The van der Waals surface area contributed by atoms with E-state index in [0.717, 1.165) is 5.39 Å². The van der Waals surface area contributed by atoms with Crippen LogP contribution in [0.1, 0.15) is 15.9 Å². The average Bonchev–Trinajstić information content (AvgIpc) is 2.53. The van der Waals surface area contributed by atoms with E-state index in [1.54, 1.807) is 30.6 Å². The van der Waals surface area contributed by atoms with Crippen LogP contribution in [0.4, 0.5) is 11.4 Å². The quantitative estimate of drug-likeness (QED) is 0.384. The molecule has 1 aromatic heterocycles. The van der Waals surface area contributed by atoms with E-state index in [-0.39, 0.29) is 34.0 Å². The van der Waals surface area contributed by atoms with Gasteiger partial charge in [0.05, 0.1) is 4.76 Å². The molecule has 0 aliphatic carbocycles. The SMILES string of the molecule is O=C1c2cc3ccncc3cc2[N+](=O)c2c(O)ccc(O)c21. The van der Waals surface area contributed by atoms with Crippen molar-refractivity contribution in [3.8, 4) is 11.5 Å². The number of hydrogen-bond acceptors (Lipinski definition) is 5. The molecule has 0 saturated carbocycles. The number of aromatic nitrogens is 1. The smallest absolute Gasteiger partial charge is 0.319 e. The van der Waals surface area contributed by atoms with Crippen molar-refractivity contribution in [3.05, 3.63) is 58.8 Å². The molecule has 1 aliphatic rings. The van der Waals surface area contributed by atoms with Crippen LogP contribution in [-0.2, 0) is 0 Å². The van der Waals surface area contributed by atoms with Crippen molar-refractivity contribution in [1.29, 1.82) is 0 Å². The van der Waals surface area contributed by atoms with Crippen LogP contribution in [-0.4, -0.2) is 21.0 Å². The summed E-state index contributed by atoms with van der Waals surface area (Å²) in [5.74, 6) is -1.18. The Labute approximate surface area is 123 Å². The maximum Gasteiger partial charge on any atom is 0.319 e. The molecule has 2 aromatic carbocycles. The number of carbonyl (C=O) groups is 1. The van der Waals surface area contributed by atoms with Gasteiger partial charge in [-0.15, -0.1) is 0 Å². The van der Waals surface area contributed by atoms with Crippen molar-refractivity contribution in [2.45, 2.75) is 0 Å². The highest BCUT2D eigenvalue weighted by Crippen LogP contribution is 2.45. The summed E-state index contributed by atoms with van der Waals surface area (Å²) in [4.78, 5) is 29.1. The molecule has 2 N–H and O–H groups in total. The maximum atomic E-state index is 12.6. The highest BCUT2D eigenvalue weighted by atomic mass is 16.3. The molecule has 0 unspecified atom stereocenters. The van der Waals surface area contributed by atoms with Crippen molar-refractivity contribution < 1.29 is 15.0 Å². The van der Waals surface area contributed by atoms with Crippen LogP contribution in [0.15, 0.2) is 42.7 Å². The molecule has 0 atom stereocenters. The Bertz CT molecular complexity index is 915. The van der Waals surface area contributed by atoms with Gasteiger partial charge in [-0.1, -0.05) is 0 Å². The number of ketones is 1. The van der Waals surface area contributed by atoms with Crippen molar-refractivity contribution >= 4 is 27.9 Å². The summed E-state index contributed by atoms with van der Waals surface area (Å²) < 4.78 is 0.466.